The van der Waals surface area contributed by atoms with Crippen LogP contribution in [0.25, 0.3) is 15.2 Å². The summed E-state index contributed by atoms with van der Waals surface area (Å²) in [4.78, 5) is 29.5. The van der Waals surface area contributed by atoms with Gasteiger partial charge in [0, 0.05) is 6.07 Å². The van der Waals surface area contributed by atoms with Gasteiger partial charge in [-0.2, -0.15) is 0 Å². The maximum absolute atomic E-state index is 12.5. The van der Waals surface area contributed by atoms with E-state index in [9.17, 15) is 9.59 Å². The molecule has 6 nitrogen and oxygen atoms in total. The Morgan fingerprint density at radius 2 is 1.96 bits per heavy atom. The van der Waals surface area contributed by atoms with E-state index in [1.165, 1.54) is 17.4 Å². The molecule has 0 saturated heterocycles. The SMILES string of the molecule is Cc1ccc(C)c(OCC(=O)OCc2cc(=O)n3c(n2)sc2ccccc23)c1. The number of esters is 1. The summed E-state index contributed by atoms with van der Waals surface area (Å²) in [5.74, 6) is 0.138. The Morgan fingerprint density at radius 3 is 2.82 bits per heavy atom. The van der Waals surface area contributed by atoms with Crippen molar-refractivity contribution in [2.75, 3.05) is 6.61 Å². The van der Waals surface area contributed by atoms with Crippen molar-refractivity contribution >= 4 is 32.5 Å². The molecule has 0 radical (unpaired) electrons. The molecule has 0 atom stereocenters. The number of rotatable bonds is 5. The zero-order valence-corrected chi connectivity index (χ0v) is 16.3. The Bertz CT molecular complexity index is 1240. The molecule has 0 aliphatic carbocycles. The number of carbonyl (C=O) groups is 1. The predicted molar refractivity (Wildman–Crippen MR) is 108 cm³/mol. The number of hydrogen-bond donors (Lipinski definition) is 0. The first kappa shape index (κ1) is 18.2. The first-order valence-electron chi connectivity index (χ1n) is 8.77. The fraction of sp³-hybridized carbons (Fsp3) is 0.190. The van der Waals surface area contributed by atoms with Crippen LogP contribution in [0.4, 0.5) is 0 Å². The van der Waals surface area contributed by atoms with Crippen LogP contribution in [-0.4, -0.2) is 22.0 Å². The van der Waals surface area contributed by atoms with Gasteiger partial charge in [0.25, 0.3) is 5.56 Å². The molecule has 0 saturated carbocycles. The van der Waals surface area contributed by atoms with Gasteiger partial charge in [-0.1, -0.05) is 35.6 Å². The molecule has 2 aromatic heterocycles. The smallest absolute Gasteiger partial charge is 0.344 e. The van der Waals surface area contributed by atoms with E-state index in [4.69, 9.17) is 9.47 Å². The van der Waals surface area contributed by atoms with Crippen molar-refractivity contribution in [3.8, 4) is 5.75 Å². The zero-order valence-electron chi connectivity index (χ0n) is 15.5. The van der Waals surface area contributed by atoms with Gasteiger partial charge >= 0.3 is 5.97 Å². The Balaban J connectivity index is 1.45. The summed E-state index contributed by atoms with van der Waals surface area (Å²) in [6.45, 7) is 3.60. The molecule has 0 aliphatic heterocycles. The molecule has 0 spiro atoms. The second-order valence-corrected chi connectivity index (χ2v) is 7.50. The quantitative estimate of drug-likeness (QED) is 0.483. The fourth-order valence-electron chi connectivity index (χ4n) is 2.89. The molecular weight excluding hydrogens is 376 g/mol. The zero-order chi connectivity index (χ0) is 19.7. The molecule has 0 N–H and O–H groups in total. The summed E-state index contributed by atoms with van der Waals surface area (Å²) < 4.78 is 13.3. The van der Waals surface area contributed by atoms with Gasteiger partial charge in [-0.05, 0) is 43.2 Å². The van der Waals surface area contributed by atoms with Crippen LogP contribution >= 0.6 is 11.3 Å². The highest BCUT2D eigenvalue weighted by Gasteiger charge is 2.12. The first-order chi connectivity index (χ1) is 13.5. The van der Waals surface area contributed by atoms with E-state index in [-0.39, 0.29) is 18.8 Å². The summed E-state index contributed by atoms with van der Waals surface area (Å²) in [5.41, 5.74) is 3.04. The van der Waals surface area contributed by atoms with E-state index in [0.29, 0.717) is 16.4 Å². The maximum Gasteiger partial charge on any atom is 0.344 e. The van der Waals surface area contributed by atoms with E-state index < -0.39 is 5.97 Å². The van der Waals surface area contributed by atoms with Crippen molar-refractivity contribution in [2.45, 2.75) is 20.5 Å². The third-order valence-electron chi connectivity index (χ3n) is 4.32. The van der Waals surface area contributed by atoms with Crippen molar-refractivity contribution in [1.29, 1.82) is 0 Å². The molecule has 0 amide bonds. The molecular formula is C21H18N2O4S. The summed E-state index contributed by atoms with van der Waals surface area (Å²) in [7, 11) is 0. The van der Waals surface area contributed by atoms with Crippen molar-refractivity contribution in [3.63, 3.8) is 0 Å². The van der Waals surface area contributed by atoms with Gasteiger partial charge in [0.15, 0.2) is 11.6 Å². The van der Waals surface area contributed by atoms with Crippen LogP contribution in [0.15, 0.2) is 53.3 Å². The minimum atomic E-state index is -0.515. The molecule has 4 aromatic rings. The van der Waals surface area contributed by atoms with Crippen molar-refractivity contribution < 1.29 is 14.3 Å². The van der Waals surface area contributed by atoms with Gasteiger partial charge < -0.3 is 9.47 Å². The average Bonchev–Trinajstić information content (AvgIpc) is 3.06. The summed E-state index contributed by atoms with van der Waals surface area (Å²) >= 11 is 1.42. The van der Waals surface area contributed by atoms with E-state index in [2.05, 4.69) is 4.98 Å². The normalized spacial score (nSPS) is 11.1. The molecule has 0 fully saturated rings. The number of aromatic nitrogens is 2. The van der Waals surface area contributed by atoms with Crippen LogP contribution in [0.1, 0.15) is 16.8 Å². The van der Waals surface area contributed by atoms with Crippen LogP contribution < -0.4 is 10.3 Å². The van der Waals surface area contributed by atoms with Gasteiger partial charge in [-0.15, -0.1) is 0 Å². The third-order valence-corrected chi connectivity index (χ3v) is 5.34. The lowest BCUT2D eigenvalue weighted by atomic mass is 10.1. The standard InChI is InChI=1S/C21H18N2O4S/c1-13-7-8-14(2)17(9-13)26-12-20(25)27-11-15-10-19(24)23-16-5-3-4-6-18(16)28-21(23)22-15/h3-10H,11-12H2,1-2H3. The topological polar surface area (TPSA) is 69.9 Å². The van der Waals surface area contributed by atoms with Crippen LogP contribution in [0.3, 0.4) is 0 Å². The number of aryl methyl sites for hydroxylation is 2. The van der Waals surface area contributed by atoms with Crippen molar-refractivity contribution in [1.82, 2.24) is 9.38 Å². The van der Waals surface area contributed by atoms with Crippen LogP contribution in [0, 0.1) is 13.8 Å². The molecule has 28 heavy (non-hydrogen) atoms. The third kappa shape index (κ3) is 3.61. The number of carbonyl (C=O) groups excluding carboxylic acids is 1. The lowest BCUT2D eigenvalue weighted by Crippen LogP contribution is -2.18. The number of nitrogens with zero attached hydrogens (tertiary/aromatic N) is 2. The molecule has 0 unspecified atom stereocenters. The first-order valence-corrected chi connectivity index (χ1v) is 9.59. The Labute approximate surface area is 165 Å². The number of ether oxygens (including phenoxy) is 2. The Hall–Kier alpha value is -3.19. The Kier molecular flexibility index (Phi) is 4.83. The molecule has 7 heteroatoms. The molecule has 142 valence electrons. The van der Waals surface area contributed by atoms with Crippen molar-refractivity contribution in [2.24, 2.45) is 0 Å². The van der Waals surface area contributed by atoms with Crippen LogP contribution in [0.5, 0.6) is 5.75 Å². The largest absolute Gasteiger partial charge is 0.482 e. The van der Waals surface area contributed by atoms with E-state index in [1.807, 2.05) is 56.3 Å². The highest BCUT2D eigenvalue weighted by Crippen LogP contribution is 2.23. The minimum absolute atomic E-state index is 0.0744. The molecule has 0 bridgehead atoms. The lowest BCUT2D eigenvalue weighted by Gasteiger charge is -2.10. The molecule has 4 rings (SSSR count). The average molecular weight is 394 g/mol. The van der Waals surface area contributed by atoms with Gasteiger partial charge in [0.1, 0.15) is 12.4 Å². The van der Waals surface area contributed by atoms with Gasteiger partial charge in [0.2, 0.25) is 0 Å². The predicted octanol–water partition coefficient (Wildman–Crippen LogP) is 3.65. The molecule has 2 aromatic carbocycles. The minimum Gasteiger partial charge on any atom is -0.482 e. The lowest BCUT2D eigenvalue weighted by molar-refractivity contribution is -0.147. The number of fused-ring (bicyclic) bond motifs is 3. The van der Waals surface area contributed by atoms with Crippen LogP contribution in [-0.2, 0) is 16.1 Å². The van der Waals surface area contributed by atoms with Crippen LogP contribution in [0.2, 0.25) is 0 Å². The van der Waals surface area contributed by atoms with Gasteiger partial charge in [-0.25, -0.2) is 9.78 Å². The molecule has 0 aliphatic rings. The molecule has 2 heterocycles. The monoisotopic (exact) mass is 394 g/mol. The highest BCUT2D eigenvalue weighted by atomic mass is 32.1. The van der Waals surface area contributed by atoms with E-state index in [1.54, 1.807) is 4.40 Å². The summed E-state index contributed by atoms with van der Waals surface area (Å²) in [5, 5.41) is 0. The number of para-hydroxylation sites is 1. The van der Waals surface area contributed by atoms with Crippen molar-refractivity contribution in [3.05, 3.63) is 75.7 Å². The second-order valence-electron chi connectivity index (χ2n) is 6.49. The highest BCUT2D eigenvalue weighted by molar-refractivity contribution is 7.23. The number of thiazole rings is 1. The number of hydrogen-bond acceptors (Lipinski definition) is 6. The fourth-order valence-corrected chi connectivity index (χ4v) is 3.94. The van der Waals surface area contributed by atoms with E-state index in [0.717, 1.165) is 21.3 Å². The van der Waals surface area contributed by atoms with Gasteiger partial charge in [-0.3, -0.25) is 9.20 Å². The van der Waals surface area contributed by atoms with E-state index >= 15 is 0 Å². The number of benzene rings is 2. The Morgan fingerprint density at radius 1 is 1.14 bits per heavy atom. The van der Waals surface area contributed by atoms with Gasteiger partial charge in [0.05, 0.1) is 15.9 Å². The second kappa shape index (κ2) is 7.44. The summed E-state index contributed by atoms with van der Waals surface area (Å²) in [6.07, 6.45) is 0. The maximum atomic E-state index is 12.5. The summed E-state index contributed by atoms with van der Waals surface area (Å²) in [6, 6.07) is 14.8.